The average Bonchev–Trinajstić information content (AvgIpc) is 2.84. The average molecular weight is 288 g/mol. The Balaban J connectivity index is 1.91. The first kappa shape index (κ1) is 14.8. The van der Waals surface area contributed by atoms with E-state index in [0.29, 0.717) is 18.3 Å². The summed E-state index contributed by atoms with van der Waals surface area (Å²) in [6.07, 6.45) is 1.78. The van der Waals surface area contributed by atoms with Crippen LogP contribution in [0.25, 0.3) is 0 Å². The van der Waals surface area contributed by atoms with Gasteiger partial charge in [0.1, 0.15) is 18.6 Å². The molecule has 0 aliphatic heterocycles. The van der Waals surface area contributed by atoms with Crippen LogP contribution in [0.1, 0.15) is 19.7 Å². The van der Waals surface area contributed by atoms with Gasteiger partial charge in [-0.2, -0.15) is 5.10 Å². The van der Waals surface area contributed by atoms with E-state index in [9.17, 15) is 0 Å². The number of benzene rings is 1. The predicted octanol–water partition coefficient (Wildman–Crippen LogP) is 1.53. The number of nitrogens with one attached hydrogen (secondary N) is 1. The minimum absolute atomic E-state index is 0.154. The Labute approximate surface area is 123 Å². The molecule has 2 rings (SSSR count). The highest BCUT2D eigenvalue weighted by Crippen LogP contribution is 2.16. The number of hydrogen-bond acceptors (Lipinski definition) is 4. The summed E-state index contributed by atoms with van der Waals surface area (Å²) in [6.45, 7) is 4.32. The molecule has 2 aromatic rings. The maximum atomic E-state index is 5.82. The normalized spacial score (nSPS) is 11.7. The van der Waals surface area contributed by atoms with Gasteiger partial charge >= 0.3 is 0 Å². The van der Waals surface area contributed by atoms with E-state index in [2.05, 4.69) is 20.4 Å². The topological polar surface area (TPSA) is 90.4 Å². The lowest BCUT2D eigenvalue weighted by molar-refractivity contribution is 0.242. The van der Waals surface area contributed by atoms with E-state index in [0.717, 1.165) is 11.4 Å². The van der Waals surface area contributed by atoms with E-state index >= 15 is 0 Å². The first-order valence-corrected chi connectivity index (χ1v) is 6.71. The van der Waals surface area contributed by atoms with Gasteiger partial charge in [0.2, 0.25) is 0 Å². The van der Waals surface area contributed by atoms with Crippen LogP contribution in [0.5, 0.6) is 5.75 Å². The molecule has 1 aromatic heterocycles. The van der Waals surface area contributed by atoms with Crippen LogP contribution >= 0.6 is 0 Å². The minimum atomic E-state index is 0.154. The molecule has 7 heteroatoms. The molecule has 3 N–H and O–H groups in total. The van der Waals surface area contributed by atoms with Gasteiger partial charge in [-0.15, -0.1) is 0 Å². The molecule has 112 valence electrons. The van der Waals surface area contributed by atoms with Gasteiger partial charge in [0.05, 0.1) is 6.10 Å². The third-order valence-electron chi connectivity index (χ3n) is 2.54. The van der Waals surface area contributed by atoms with E-state index in [-0.39, 0.29) is 6.10 Å². The molecule has 1 aromatic carbocycles. The zero-order valence-electron chi connectivity index (χ0n) is 12.4. The van der Waals surface area contributed by atoms with E-state index in [1.54, 1.807) is 11.0 Å². The van der Waals surface area contributed by atoms with Gasteiger partial charge < -0.3 is 15.8 Å². The van der Waals surface area contributed by atoms with Gasteiger partial charge in [0.15, 0.2) is 11.8 Å². The van der Waals surface area contributed by atoms with Crippen LogP contribution in [0.2, 0.25) is 0 Å². The summed E-state index contributed by atoms with van der Waals surface area (Å²) in [7, 11) is 1.81. The van der Waals surface area contributed by atoms with Crippen molar-refractivity contribution in [2.45, 2.75) is 26.5 Å². The zero-order chi connectivity index (χ0) is 15.2. The fourth-order valence-corrected chi connectivity index (χ4v) is 1.69. The lowest BCUT2D eigenvalue weighted by Gasteiger charge is -2.10. The Morgan fingerprint density at radius 3 is 2.67 bits per heavy atom. The monoisotopic (exact) mass is 288 g/mol. The summed E-state index contributed by atoms with van der Waals surface area (Å²) in [5.74, 6) is 1.77. The number of anilines is 1. The van der Waals surface area contributed by atoms with Gasteiger partial charge in [-0.25, -0.2) is 9.98 Å². The van der Waals surface area contributed by atoms with E-state index in [1.807, 2.05) is 45.2 Å². The van der Waals surface area contributed by atoms with Crippen LogP contribution in [0.3, 0.4) is 0 Å². The molecule has 0 spiro atoms. The molecule has 0 saturated heterocycles. The SMILES string of the molecule is CC(C)Oc1ccc(NC(N)=NCc2ncn(C)n2)cc1. The van der Waals surface area contributed by atoms with E-state index in [1.165, 1.54) is 0 Å². The molecule has 0 bridgehead atoms. The molecule has 0 atom stereocenters. The number of nitrogens with two attached hydrogens (primary N) is 1. The second-order valence-electron chi connectivity index (χ2n) is 4.85. The molecule has 0 amide bonds. The first-order valence-electron chi connectivity index (χ1n) is 6.71. The lowest BCUT2D eigenvalue weighted by Crippen LogP contribution is -2.22. The Morgan fingerprint density at radius 2 is 2.10 bits per heavy atom. The van der Waals surface area contributed by atoms with Gasteiger partial charge in [0.25, 0.3) is 0 Å². The standard InChI is InChI=1S/C14H20N6O/c1-10(2)21-12-6-4-11(5-7-12)18-14(15)16-8-13-17-9-20(3)19-13/h4-7,9-10H,8H2,1-3H3,(H3,15,16,18). The number of aliphatic imine (C=N–C) groups is 1. The van der Waals surface area contributed by atoms with Crippen molar-refractivity contribution in [3.8, 4) is 5.75 Å². The first-order chi connectivity index (χ1) is 10.0. The zero-order valence-corrected chi connectivity index (χ0v) is 12.4. The number of rotatable bonds is 5. The number of ether oxygens (including phenoxy) is 1. The molecule has 0 aliphatic rings. The Bertz CT molecular complexity index is 602. The number of aromatic nitrogens is 3. The molecule has 0 unspecified atom stereocenters. The van der Waals surface area contributed by atoms with Crippen LogP contribution in [-0.4, -0.2) is 26.8 Å². The second-order valence-corrected chi connectivity index (χ2v) is 4.85. The van der Waals surface area contributed by atoms with Gasteiger partial charge in [-0.1, -0.05) is 0 Å². The highest BCUT2D eigenvalue weighted by molar-refractivity contribution is 5.92. The predicted molar refractivity (Wildman–Crippen MR) is 82.2 cm³/mol. The Morgan fingerprint density at radius 1 is 1.38 bits per heavy atom. The highest BCUT2D eigenvalue weighted by Gasteiger charge is 2.00. The van der Waals surface area contributed by atoms with Crippen molar-refractivity contribution in [3.05, 3.63) is 36.4 Å². The quantitative estimate of drug-likeness (QED) is 0.643. The van der Waals surface area contributed by atoms with E-state index in [4.69, 9.17) is 10.5 Å². The molecule has 0 fully saturated rings. The van der Waals surface area contributed by atoms with Gasteiger partial charge in [-0.3, -0.25) is 4.68 Å². The number of guanidine groups is 1. The van der Waals surface area contributed by atoms with Crippen LogP contribution < -0.4 is 15.8 Å². The van der Waals surface area contributed by atoms with Crippen molar-refractivity contribution in [1.29, 1.82) is 0 Å². The largest absolute Gasteiger partial charge is 0.491 e. The van der Waals surface area contributed by atoms with Gasteiger partial charge in [0, 0.05) is 12.7 Å². The van der Waals surface area contributed by atoms with Crippen LogP contribution in [0.4, 0.5) is 5.69 Å². The fourth-order valence-electron chi connectivity index (χ4n) is 1.69. The molecule has 0 radical (unpaired) electrons. The van der Waals surface area contributed by atoms with Crippen LogP contribution in [0, 0.1) is 0 Å². The highest BCUT2D eigenvalue weighted by atomic mass is 16.5. The number of aryl methyl sites for hydroxylation is 1. The van der Waals surface area contributed by atoms with Crippen molar-refractivity contribution in [3.63, 3.8) is 0 Å². The molecular weight excluding hydrogens is 268 g/mol. The third-order valence-corrected chi connectivity index (χ3v) is 2.54. The van der Waals surface area contributed by atoms with Crippen molar-refractivity contribution in [2.24, 2.45) is 17.8 Å². The molecule has 0 aliphatic carbocycles. The second kappa shape index (κ2) is 6.74. The molecule has 21 heavy (non-hydrogen) atoms. The van der Waals surface area contributed by atoms with Crippen molar-refractivity contribution in [1.82, 2.24) is 14.8 Å². The summed E-state index contributed by atoms with van der Waals surface area (Å²) in [5.41, 5.74) is 6.67. The fraction of sp³-hybridized carbons (Fsp3) is 0.357. The molecule has 0 saturated carbocycles. The maximum Gasteiger partial charge on any atom is 0.193 e. The minimum Gasteiger partial charge on any atom is -0.491 e. The van der Waals surface area contributed by atoms with Crippen molar-refractivity contribution >= 4 is 11.6 Å². The van der Waals surface area contributed by atoms with Crippen molar-refractivity contribution in [2.75, 3.05) is 5.32 Å². The third kappa shape index (κ3) is 4.79. The maximum absolute atomic E-state index is 5.82. The Hall–Kier alpha value is -2.57. The van der Waals surface area contributed by atoms with Crippen LogP contribution in [-0.2, 0) is 13.6 Å². The summed E-state index contributed by atoms with van der Waals surface area (Å²) in [4.78, 5) is 8.27. The smallest absolute Gasteiger partial charge is 0.193 e. The van der Waals surface area contributed by atoms with Gasteiger partial charge in [-0.05, 0) is 38.1 Å². The Kier molecular flexibility index (Phi) is 4.76. The summed E-state index contributed by atoms with van der Waals surface area (Å²) in [5, 5.41) is 7.14. The van der Waals surface area contributed by atoms with Crippen molar-refractivity contribution < 1.29 is 4.74 Å². The number of hydrogen-bond donors (Lipinski definition) is 2. The summed E-state index contributed by atoms with van der Waals surface area (Å²) >= 11 is 0. The summed E-state index contributed by atoms with van der Waals surface area (Å²) < 4.78 is 7.20. The molecular formula is C14H20N6O. The molecule has 1 heterocycles. The molecule has 7 nitrogen and oxygen atoms in total. The lowest BCUT2D eigenvalue weighted by atomic mass is 10.3. The van der Waals surface area contributed by atoms with Crippen LogP contribution in [0.15, 0.2) is 35.6 Å². The number of nitrogens with zero attached hydrogens (tertiary/aromatic N) is 4. The van der Waals surface area contributed by atoms with E-state index < -0.39 is 0 Å². The summed E-state index contributed by atoms with van der Waals surface area (Å²) in [6, 6.07) is 7.55.